The van der Waals surface area contributed by atoms with Crippen LogP contribution >= 0.6 is 28.1 Å². The van der Waals surface area contributed by atoms with Crippen molar-refractivity contribution in [1.29, 1.82) is 0 Å². The van der Waals surface area contributed by atoms with Gasteiger partial charge in [0.25, 0.3) is 0 Å². The third-order valence-electron chi connectivity index (χ3n) is 3.91. The topological polar surface area (TPSA) is 38.0 Å². The van der Waals surface area contributed by atoms with Crippen LogP contribution in [0, 0.1) is 0 Å². The number of hydrogen-bond acceptors (Lipinski definition) is 2. The fraction of sp³-hybridized carbons (Fsp3) is 0.235. The highest BCUT2D eigenvalue weighted by molar-refractivity contribution is 9.10. The molecule has 0 fully saturated rings. The first kappa shape index (κ1) is 14.5. The van der Waals surface area contributed by atoms with E-state index in [0.29, 0.717) is 4.99 Å². The molecule has 0 heterocycles. The molecule has 0 saturated carbocycles. The molecule has 21 heavy (non-hydrogen) atoms. The van der Waals surface area contributed by atoms with Crippen LogP contribution in [0.3, 0.4) is 0 Å². The van der Waals surface area contributed by atoms with Crippen LogP contribution in [-0.2, 0) is 12.8 Å². The number of fused-ring (bicyclic) bond motifs is 1. The molecule has 4 heteroatoms. The van der Waals surface area contributed by atoms with Crippen LogP contribution in [0.25, 0.3) is 0 Å². The van der Waals surface area contributed by atoms with Crippen molar-refractivity contribution in [2.75, 3.05) is 5.32 Å². The second-order valence-electron chi connectivity index (χ2n) is 5.33. The van der Waals surface area contributed by atoms with Crippen molar-refractivity contribution in [2.24, 2.45) is 5.73 Å². The Morgan fingerprint density at radius 3 is 2.71 bits per heavy atom. The van der Waals surface area contributed by atoms with Gasteiger partial charge in [0.2, 0.25) is 0 Å². The summed E-state index contributed by atoms with van der Waals surface area (Å²) in [5.74, 6) is 0. The molecule has 2 aromatic rings. The summed E-state index contributed by atoms with van der Waals surface area (Å²) in [6.07, 6.45) is 4.85. The molecule has 0 unspecified atom stereocenters. The van der Waals surface area contributed by atoms with E-state index in [4.69, 9.17) is 18.0 Å². The summed E-state index contributed by atoms with van der Waals surface area (Å²) in [6, 6.07) is 12.5. The van der Waals surface area contributed by atoms with Gasteiger partial charge in [-0.3, -0.25) is 0 Å². The molecule has 3 N–H and O–H groups in total. The van der Waals surface area contributed by atoms with Crippen LogP contribution in [0.4, 0.5) is 11.4 Å². The molecule has 0 radical (unpaired) electrons. The van der Waals surface area contributed by atoms with Crippen molar-refractivity contribution < 1.29 is 0 Å². The predicted octanol–water partition coefficient (Wildman–Crippen LogP) is 4.71. The fourth-order valence-corrected chi connectivity index (χ4v) is 3.40. The number of anilines is 2. The minimum absolute atomic E-state index is 0.406. The first-order valence-corrected chi connectivity index (χ1v) is 8.32. The Labute approximate surface area is 138 Å². The summed E-state index contributed by atoms with van der Waals surface area (Å²) in [5.41, 5.74) is 11.7. The van der Waals surface area contributed by atoms with Gasteiger partial charge in [-0.25, -0.2) is 0 Å². The number of benzene rings is 2. The molecule has 2 nitrogen and oxygen atoms in total. The maximum absolute atomic E-state index is 5.85. The molecule has 0 amide bonds. The van der Waals surface area contributed by atoms with Gasteiger partial charge in [0.15, 0.2) is 0 Å². The SMILES string of the molecule is NC(=S)c1cc(Br)ccc1Nc1cccc2c1CCCC2. The van der Waals surface area contributed by atoms with Crippen molar-refractivity contribution >= 4 is 44.5 Å². The minimum atomic E-state index is 0.406. The molecule has 0 spiro atoms. The Morgan fingerprint density at radius 2 is 1.90 bits per heavy atom. The second kappa shape index (κ2) is 6.16. The molecule has 0 aliphatic heterocycles. The Hall–Kier alpha value is -1.39. The summed E-state index contributed by atoms with van der Waals surface area (Å²) >= 11 is 8.63. The van der Waals surface area contributed by atoms with Gasteiger partial charge in [-0.2, -0.15) is 0 Å². The fourth-order valence-electron chi connectivity index (χ4n) is 2.87. The van der Waals surface area contributed by atoms with Gasteiger partial charge in [-0.15, -0.1) is 0 Å². The van der Waals surface area contributed by atoms with Crippen LogP contribution in [0.2, 0.25) is 0 Å². The number of hydrogen-bond donors (Lipinski definition) is 2. The number of nitrogens with one attached hydrogen (secondary N) is 1. The number of rotatable bonds is 3. The van der Waals surface area contributed by atoms with Gasteiger partial charge < -0.3 is 11.1 Å². The Kier molecular flexibility index (Phi) is 4.27. The molecule has 1 aliphatic rings. The normalized spacial score (nSPS) is 13.6. The third-order valence-corrected chi connectivity index (χ3v) is 4.63. The zero-order valence-corrected chi connectivity index (χ0v) is 14.1. The van der Waals surface area contributed by atoms with Crippen molar-refractivity contribution in [3.05, 3.63) is 57.6 Å². The molecule has 2 aromatic carbocycles. The minimum Gasteiger partial charge on any atom is -0.389 e. The highest BCUT2D eigenvalue weighted by Gasteiger charge is 2.14. The number of thiocarbonyl (C=S) groups is 1. The van der Waals surface area contributed by atoms with Crippen LogP contribution in [0.5, 0.6) is 0 Å². The maximum Gasteiger partial charge on any atom is 0.106 e. The van der Waals surface area contributed by atoms with E-state index in [1.807, 2.05) is 18.2 Å². The summed E-state index contributed by atoms with van der Waals surface area (Å²) in [5, 5.41) is 3.52. The zero-order valence-electron chi connectivity index (χ0n) is 11.7. The van der Waals surface area contributed by atoms with E-state index in [1.165, 1.54) is 36.1 Å². The Balaban J connectivity index is 2.00. The number of aryl methyl sites for hydroxylation is 1. The van der Waals surface area contributed by atoms with E-state index in [0.717, 1.165) is 22.1 Å². The molecular formula is C17H17BrN2S. The summed E-state index contributed by atoms with van der Waals surface area (Å²) in [7, 11) is 0. The van der Waals surface area contributed by atoms with Gasteiger partial charge in [0.05, 0.1) is 0 Å². The first-order chi connectivity index (χ1) is 10.1. The Morgan fingerprint density at radius 1 is 1.10 bits per heavy atom. The van der Waals surface area contributed by atoms with Gasteiger partial charge >= 0.3 is 0 Å². The lowest BCUT2D eigenvalue weighted by Gasteiger charge is -2.21. The largest absolute Gasteiger partial charge is 0.389 e. The Bertz CT molecular complexity index is 697. The molecular weight excluding hydrogens is 344 g/mol. The van der Waals surface area contributed by atoms with Gasteiger partial charge in [-0.05, 0) is 61.1 Å². The highest BCUT2D eigenvalue weighted by atomic mass is 79.9. The lowest BCUT2D eigenvalue weighted by Crippen LogP contribution is -2.13. The standard InChI is InChI=1S/C17H17BrN2S/c18-12-8-9-16(14(10-12)17(19)21)20-15-7-3-5-11-4-1-2-6-13(11)15/h3,5,7-10,20H,1-2,4,6H2,(H2,19,21). The lowest BCUT2D eigenvalue weighted by atomic mass is 9.90. The van der Waals surface area contributed by atoms with Gasteiger partial charge in [0, 0.05) is 21.4 Å². The average Bonchev–Trinajstić information content (AvgIpc) is 2.49. The zero-order chi connectivity index (χ0) is 14.8. The van der Waals surface area contributed by atoms with E-state index in [2.05, 4.69) is 39.4 Å². The average molecular weight is 361 g/mol. The molecule has 0 atom stereocenters. The summed E-state index contributed by atoms with van der Waals surface area (Å²) in [6.45, 7) is 0. The molecule has 1 aliphatic carbocycles. The molecule has 108 valence electrons. The van der Waals surface area contributed by atoms with Gasteiger partial charge in [0.1, 0.15) is 4.99 Å². The van der Waals surface area contributed by atoms with Crippen LogP contribution in [0.15, 0.2) is 40.9 Å². The summed E-state index contributed by atoms with van der Waals surface area (Å²) in [4.78, 5) is 0.406. The smallest absolute Gasteiger partial charge is 0.106 e. The van der Waals surface area contributed by atoms with Crippen LogP contribution in [0.1, 0.15) is 29.5 Å². The quantitative estimate of drug-likeness (QED) is 0.778. The number of halogens is 1. The van der Waals surface area contributed by atoms with Crippen LogP contribution < -0.4 is 11.1 Å². The van der Waals surface area contributed by atoms with Crippen molar-refractivity contribution in [3.63, 3.8) is 0 Å². The lowest BCUT2D eigenvalue weighted by molar-refractivity contribution is 0.687. The monoisotopic (exact) mass is 360 g/mol. The van der Waals surface area contributed by atoms with Crippen LogP contribution in [-0.4, -0.2) is 4.99 Å². The summed E-state index contributed by atoms with van der Waals surface area (Å²) < 4.78 is 0.978. The predicted molar refractivity (Wildman–Crippen MR) is 96.4 cm³/mol. The van der Waals surface area contributed by atoms with E-state index in [1.54, 1.807) is 0 Å². The van der Waals surface area contributed by atoms with E-state index in [-0.39, 0.29) is 0 Å². The van der Waals surface area contributed by atoms with E-state index < -0.39 is 0 Å². The maximum atomic E-state index is 5.85. The van der Waals surface area contributed by atoms with Crippen molar-refractivity contribution in [3.8, 4) is 0 Å². The number of nitrogens with two attached hydrogens (primary N) is 1. The third kappa shape index (κ3) is 3.11. The molecule has 0 saturated heterocycles. The first-order valence-electron chi connectivity index (χ1n) is 7.12. The van der Waals surface area contributed by atoms with E-state index in [9.17, 15) is 0 Å². The van der Waals surface area contributed by atoms with Crippen molar-refractivity contribution in [2.45, 2.75) is 25.7 Å². The van der Waals surface area contributed by atoms with E-state index >= 15 is 0 Å². The highest BCUT2D eigenvalue weighted by Crippen LogP contribution is 2.31. The second-order valence-corrected chi connectivity index (χ2v) is 6.69. The molecule has 0 bridgehead atoms. The van der Waals surface area contributed by atoms with Crippen molar-refractivity contribution in [1.82, 2.24) is 0 Å². The molecule has 0 aromatic heterocycles. The molecule has 3 rings (SSSR count). The van der Waals surface area contributed by atoms with Gasteiger partial charge in [-0.1, -0.05) is 40.3 Å².